The van der Waals surface area contributed by atoms with E-state index >= 15 is 0 Å². The minimum absolute atomic E-state index is 0.144. The lowest BCUT2D eigenvalue weighted by atomic mass is 10.2. The van der Waals surface area contributed by atoms with Crippen LogP contribution < -0.4 is 10.2 Å². The highest BCUT2D eigenvalue weighted by molar-refractivity contribution is 8.01. The summed E-state index contributed by atoms with van der Waals surface area (Å²) in [5, 5.41) is 11.5. The highest BCUT2D eigenvalue weighted by atomic mass is 32.2. The van der Waals surface area contributed by atoms with Crippen LogP contribution in [0, 0.1) is 0 Å². The third kappa shape index (κ3) is 4.28. The van der Waals surface area contributed by atoms with Crippen LogP contribution in [0.2, 0.25) is 0 Å². The Morgan fingerprint density at radius 3 is 2.77 bits per heavy atom. The molecule has 7 heteroatoms. The number of nitrogens with zero attached hydrogens (tertiary/aromatic N) is 2. The largest absolute Gasteiger partial charge is 0.334 e. The van der Waals surface area contributed by atoms with Gasteiger partial charge in [-0.1, -0.05) is 41.3 Å². The van der Waals surface area contributed by atoms with Crippen LogP contribution in [-0.4, -0.2) is 41.5 Å². The number of aromatic nitrogens is 2. The summed E-state index contributed by atoms with van der Waals surface area (Å²) >= 11 is 3.16. The van der Waals surface area contributed by atoms with Crippen LogP contribution >= 0.6 is 23.1 Å². The van der Waals surface area contributed by atoms with Gasteiger partial charge in [0, 0.05) is 24.2 Å². The molecule has 1 amide bonds. The SMILES string of the molecule is O=C(Nc1nnc(SCC[NH+]2CCCC2)s1)c1ccccc1. The number of carbonyl (C=O) groups is 1. The first-order valence-electron chi connectivity index (χ1n) is 7.47. The average Bonchev–Trinajstić information content (AvgIpc) is 3.20. The summed E-state index contributed by atoms with van der Waals surface area (Å²) in [5.74, 6) is 0.908. The zero-order chi connectivity index (χ0) is 15.2. The molecule has 5 nitrogen and oxygen atoms in total. The van der Waals surface area contributed by atoms with Crippen LogP contribution in [0.15, 0.2) is 34.7 Å². The van der Waals surface area contributed by atoms with Gasteiger partial charge in [0.1, 0.15) is 0 Å². The van der Waals surface area contributed by atoms with Crippen molar-refractivity contribution in [2.75, 3.05) is 30.7 Å². The van der Waals surface area contributed by atoms with Crippen molar-refractivity contribution >= 4 is 34.1 Å². The Kier molecular flexibility index (Phi) is 5.42. The van der Waals surface area contributed by atoms with Crippen LogP contribution in [0.3, 0.4) is 0 Å². The number of carbonyl (C=O) groups excluding carboxylic acids is 1. The van der Waals surface area contributed by atoms with Crippen LogP contribution in [0.5, 0.6) is 0 Å². The van der Waals surface area contributed by atoms with Crippen molar-refractivity contribution < 1.29 is 9.69 Å². The highest BCUT2D eigenvalue weighted by Gasteiger charge is 2.15. The summed E-state index contributed by atoms with van der Waals surface area (Å²) in [4.78, 5) is 13.7. The Morgan fingerprint density at radius 2 is 2.00 bits per heavy atom. The highest BCUT2D eigenvalue weighted by Crippen LogP contribution is 2.25. The van der Waals surface area contributed by atoms with E-state index in [1.54, 1.807) is 28.8 Å². The maximum atomic E-state index is 12.0. The van der Waals surface area contributed by atoms with Crippen LogP contribution in [0.4, 0.5) is 5.13 Å². The predicted molar refractivity (Wildman–Crippen MR) is 89.8 cm³/mol. The second-order valence-corrected chi connectivity index (χ2v) is 7.57. The van der Waals surface area contributed by atoms with E-state index < -0.39 is 0 Å². The molecular formula is C15H19N4OS2+. The van der Waals surface area contributed by atoms with Gasteiger partial charge in [-0.2, -0.15) is 0 Å². The Balaban J connectivity index is 1.47. The van der Waals surface area contributed by atoms with Crippen molar-refractivity contribution in [1.29, 1.82) is 0 Å². The average molecular weight is 335 g/mol. The molecule has 0 bridgehead atoms. The van der Waals surface area contributed by atoms with E-state index in [1.807, 2.05) is 18.2 Å². The minimum atomic E-state index is -0.144. The van der Waals surface area contributed by atoms with E-state index in [0.29, 0.717) is 10.7 Å². The van der Waals surface area contributed by atoms with Gasteiger partial charge in [-0.15, -0.1) is 10.2 Å². The van der Waals surface area contributed by atoms with Gasteiger partial charge in [0.25, 0.3) is 5.91 Å². The molecule has 1 aromatic heterocycles. The summed E-state index contributed by atoms with van der Waals surface area (Å²) < 4.78 is 0.918. The number of rotatable bonds is 6. The molecule has 3 rings (SSSR count). The number of hydrogen-bond donors (Lipinski definition) is 2. The molecule has 0 unspecified atom stereocenters. The molecule has 2 N–H and O–H groups in total. The quantitative estimate of drug-likeness (QED) is 0.621. The number of hydrogen-bond acceptors (Lipinski definition) is 5. The molecule has 2 aromatic rings. The lowest BCUT2D eigenvalue weighted by molar-refractivity contribution is -0.884. The van der Waals surface area contributed by atoms with Crippen molar-refractivity contribution in [1.82, 2.24) is 10.2 Å². The van der Waals surface area contributed by atoms with Crippen molar-refractivity contribution in [2.45, 2.75) is 17.2 Å². The zero-order valence-corrected chi connectivity index (χ0v) is 13.9. The summed E-state index contributed by atoms with van der Waals surface area (Å²) in [6, 6.07) is 9.14. The van der Waals surface area contributed by atoms with Gasteiger partial charge in [0.05, 0.1) is 19.6 Å². The van der Waals surface area contributed by atoms with Gasteiger partial charge >= 0.3 is 0 Å². The molecule has 116 valence electrons. The summed E-state index contributed by atoms with van der Waals surface area (Å²) in [5.41, 5.74) is 0.629. The second-order valence-electron chi connectivity index (χ2n) is 5.25. The molecule has 1 aromatic carbocycles. The first-order chi connectivity index (χ1) is 10.8. The smallest absolute Gasteiger partial charge is 0.257 e. The van der Waals surface area contributed by atoms with Gasteiger partial charge in [-0.05, 0) is 12.1 Å². The van der Waals surface area contributed by atoms with Gasteiger partial charge < -0.3 is 4.90 Å². The molecule has 0 atom stereocenters. The zero-order valence-electron chi connectivity index (χ0n) is 12.2. The molecule has 1 saturated heterocycles. The van der Waals surface area contributed by atoms with Gasteiger partial charge in [-0.3, -0.25) is 10.1 Å². The number of nitrogens with one attached hydrogen (secondary N) is 2. The third-order valence-corrected chi connectivity index (χ3v) is 5.63. The molecule has 0 saturated carbocycles. The van der Waals surface area contributed by atoms with E-state index in [2.05, 4.69) is 15.5 Å². The van der Waals surface area contributed by atoms with E-state index in [4.69, 9.17) is 0 Å². The Morgan fingerprint density at radius 1 is 1.23 bits per heavy atom. The van der Waals surface area contributed by atoms with Crippen molar-refractivity contribution in [3.8, 4) is 0 Å². The Labute approximate surface area is 138 Å². The standard InChI is InChI=1S/C15H18N4OS2/c20-13(12-6-2-1-3-7-12)16-14-17-18-15(22-14)21-11-10-19-8-4-5-9-19/h1-3,6-7H,4-5,8-11H2,(H,16,17,20)/p+1. The number of thioether (sulfide) groups is 1. The Bertz CT molecular complexity index is 611. The molecular weight excluding hydrogens is 316 g/mol. The van der Waals surface area contributed by atoms with Crippen LogP contribution in [0.25, 0.3) is 0 Å². The topological polar surface area (TPSA) is 59.3 Å². The molecule has 1 aliphatic rings. The van der Waals surface area contributed by atoms with E-state index in [-0.39, 0.29) is 5.91 Å². The number of likely N-dealkylation sites (tertiary alicyclic amines) is 1. The van der Waals surface area contributed by atoms with E-state index in [9.17, 15) is 4.79 Å². The minimum Gasteiger partial charge on any atom is -0.334 e. The molecule has 0 aliphatic carbocycles. The maximum absolute atomic E-state index is 12.0. The first kappa shape index (κ1) is 15.5. The summed E-state index contributed by atoms with van der Waals surface area (Å²) in [6.45, 7) is 3.78. The Hall–Kier alpha value is -1.44. The third-order valence-electron chi connectivity index (χ3n) is 3.65. The number of quaternary nitrogens is 1. The summed E-state index contributed by atoms with van der Waals surface area (Å²) in [7, 11) is 0. The van der Waals surface area contributed by atoms with Gasteiger partial charge in [0.2, 0.25) is 5.13 Å². The van der Waals surface area contributed by atoms with Gasteiger partial charge in [0.15, 0.2) is 4.34 Å². The number of anilines is 1. The van der Waals surface area contributed by atoms with E-state index in [1.165, 1.54) is 43.8 Å². The fourth-order valence-corrected chi connectivity index (χ4v) is 4.34. The normalized spacial score (nSPS) is 15.1. The molecule has 22 heavy (non-hydrogen) atoms. The molecule has 1 fully saturated rings. The fraction of sp³-hybridized carbons (Fsp3) is 0.400. The van der Waals surface area contributed by atoms with Crippen LogP contribution in [-0.2, 0) is 0 Å². The molecule has 1 aliphatic heterocycles. The maximum Gasteiger partial charge on any atom is 0.257 e. The molecule has 0 spiro atoms. The molecule has 2 heterocycles. The van der Waals surface area contributed by atoms with E-state index in [0.717, 1.165) is 10.1 Å². The number of amides is 1. The van der Waals surface area contributed by atoms with Crippen molar-refractivity contribution in [3.63, 3.8) is 0 Å². The fourth-order valence-electron chi connectivity index (χ4n) is 2.49. The lowest BCUT2D eigenvalue weighted by Gasteiger charge is -2.10. The van der Waals surface area contributed by atoms with Crippen LogP contribution in [0.1, 0.15) is 23.2 Å². The monoisotopic (exact) mass is 335 g/mol. The molecule has 0 radical (unpaired) electrons. The lowest BCUT2D eigenvalue weighted by Crippen LogP contribution is -3.10. The van der Waals surface area contributed by atoms with Crippen molar-refractivity contribution in [3.05, 3.63) is 35.9 Å². The summed E-state index contributed by atoms with van der Waals surface area (Å²) in [6.07, 6.45) is 2.71. The predicted octanol–water partition coefficient (Wildman–Crippen LogP) is 1.56. The second kappa shape index (κ2) is 7.71. The first-order valence-corrected chi connectivity index (χ1v) is 9.28. The van der Waals surface area contributed by atoms with Crippen molar-refractivity contribution in [2.24, 2.45) is 0 Å². The van der Waals surface area contributed by atoms with Gasteiger partial charge in [-0.25, -0.2) is 0 Å². The number of benzene rings is 1.